The molecule has 1 aliphatic heterocycles. The van der Waals surface area contributed by atoms with Gasteiger partial charge >= 0.3 is 0 Å². The number of fused-ring (bicyclic) bond motifs is 1. The van der Waals surface area contributed by atoms with Crippen molar-refractivity contribution in [3.63, 3.8) is 0 Å². The normalized spacial score (nSPS) is 31.8. The first-order chi connectivity index (χ1) is 12.3. The highest BCUT2D eigenvalue weighted by atomic mass is 16.5. The van der Waals surface area contributed by atoms with E-state index in [9.17, 15) is 4.79 Å². The molecule has 25 heavy (non-hydrogen) atoms. The van der Waals surface area contributed by atoms with Gasteiger partial charge in [-0.1, -0.05) is 18.2 Å². The maximum Gasteiger partial charge on any atom is 0.226 e. The minimum Gasteiger partial charge on any atom is -0.372 e. The van der Waals surface area contributed by atoms with Gasteiger partial charge in [0.15, 0.2) is 0 Å². The van der Waals surface area contributed by atoms with Crippen molar-refractivity contribution in [3.05, 3.63) is 42.2 Å². The van der Waals surface area contributed by atoms with Gasteiger partial charge in [-0.3, -0.25) is 9.78 Å². The molecule has 0 bridgehead atoms. The number of pyridine rings is 1. The van der Waals surface area contributed by atoms with Gasteiger partial charge in [-0.15, -0.1) is 0 Å². The van der Waals surface area contributed by atoms with E-state index >= 15 is 0 Å². The van der Waals surface area contributed by atoms with Crippen LogP contribution in [0.1, 0.15) is 37.8 Å². The van der Waals surface area contributed by atoms with Gasteiger partial charge in [0.25, 0.3) is 0 Å². The number of hydrogen-bond acceptors (Lipinski definition) is 4. The van der Waals surface area contributed by atoms with E-state index in [2.05, 4.69) is 22.0 Å². The van der Waals surface area contributed by atoms with Crippen LogP contribution in [0.2, 0.25) is 0 Å². The van der Waals surface area contributed by atoms with E-state index in [0.717, 1.165) is 37.8 Å². The second-order valence-electron chi connectivity index (χ2n) is 7.16. The first-order valence-corrected chi connectivity index (χ1v) is 9.41. The number of rotatable bonds is 4. The van der Waals surface area contributed by atoms with Gasteiger partial charge in [0.05, 0.1) is 31.1 Å². The summed E-state index contributed by atoms with van der Waals surface area (Å²) in [5.41, 5.74) is 0.934. The summed E-state index contributed by atoms with van der Waals surface area (Å²) in [6, 6.07) is 6.02. The Morgan fingerprint density at radius 1 is 1.28 bits per heavy atom. The standard InChI is InChI=1S/C20H26N2O3/c23-20(15-6-2-1-3-7-15)22-12-13-24-19-17(22)9-10-18(19)25-14-16-8-4-5-11-21-16/h1-2,4-5,8,11,15,17-19H,3,6-7,9-10,12-14H2/t15-,17+,18-,19-/m1/s1. The van der Waals surface area contributed by atoms with Gasteiger partial charge < -0.3 is 14.4 Å². The van der Waals surface area contributed by atoms with Gasteiger partial charge in [-0.05, 0) is 44.2 Å². The molecule has 134 valence electrons. The number of morpholine rings is 1. The van der Waals surface area contributed by atoms with Crippen LogP contribution < -0.4 is 0 Å². The maximum atomic E-state index is 13.0. The van der Waals surface area contributed by atoms with Crippen LogP contribution in [-0.4, -0.2) is 47.2 Å². The number of hydrogen-bond donors (Lipinski definition) is 0. The number of ether oxygens (including phenoxy) is 2. The summed E-state index contributed by atoms with van der Waals surface area (Å²) in [7, 11) is 0. The van der Waals surface area contributed by atoms with Crippen molar-refractivity contribution >= 4 is 5.91 Å². The Balaban J connectivity index is 1.38. The number of amides is 1. The SMILES string of the molecule is O=C([C@@H]1CC=CCC1)N1CCO[C@H]2[C@H](OCc3ccccn3)CC[C@@H]21. The summed E-state index contributed by atoms with van der Waals surface area (Å²) >= 11 is 0. The maximum absolute atomic E-state index is 13.0. The molecule has 1 saturated carbocycles. The Morgan fingerprint density at radius 2 is 2.24 bits per heavy atom. The Morgan fingerprint density at radius 3 is 3.04 bits per heavy atom. The molecule has 3 aliphatic rings. The predicted octanol–water partition coefficient (Wildman–Crippen LogP) is 2.71. The monoisotopic (exact) mass is 342 g/mol. The highest BCUT2D eigenvalue weighted by Crippen LogP contribution is 2.34. The molecule has 1 aromatic heterocycles. The molecular formula is C20H26N2O3. The molecule has 5 heteroatoms. The van der Waals surface area contributed by atoms with Crippen LogP contribution in [0.25, 0.3) is 0 Å². The summed E-state index contributed by atoms with van der Waals surface area (Å²) < 4.78 is 12.1. The van der Waals surface area contributed by atoms with E-state index < -0.39 is 0 Å². The zero-order valence-electron chi connectivity index (χ0n) is 14.5. The topological polar surface area (TPSA) is 51.7 Å². The van der Waals surface area contributed by atoms with Crippen molar-refractivity contribution < 1.29 is 14.3 Å². The number of carbonyl (C=O) groups excluding carboxylic acids is 1. The van der Waals surface area contributed by atoms with Crippen LogP contribution in [0.4, 0.5) is 0 Å². The third kappa shape index (κ3) is 3.62. The fourth-order valence-electron chi connectivity index (χ4n) is 4.30. The first kappa shape index (κ1) is 16.7. The average Bonchev–Trinajstić information content (AvgIpc) is 3.10. The fraction of sp³-hybridized carbons (Fsp3) is 0.600. The van der Waals surface area contributed by atoms with E-state index in [1.807, 2.05) is 18.2 Å². The molecular weight excluding hydrogens is 316 g/mol. The summed E-state index contributed by atoms with van der Waals surface area (Å²) in [5, 5.41) is 0. The van der Waals surface area contributed by atoms with Crippen LogP contribution >= 0.6 is 0 Å². The average molecular weight is 342 g/mol. The quantitative estimate of drug-likeness (QED) is 0.790. The van der Waals surface area contributed by atoms with E-state index in [0.29, 0.717) is 25.7 Å². The minimum atomic E-state index is 0.000505. The molecule has 2 fully saturated rings. The van der Waals surface area contributed by atoms with Crippen molar-refractivity contribution in [2.45, 2.75) is 57.0 Å². The van der Waals surface area contributed by atoms with Crippen molar-refractivity contribution in [1.82, 2.24) is 9.88 Å². The molecule has 0 radical (unpaired) electrons. The summed E-state index contributed by atoms with van der Waals surface area (Å²) in [6.45, 7) is 1.82. The molecule has 1 amide bonds. The number of allylic oxidation sites excluding steroid dienone is 2. The molecule has 1 aromatic rings. The van der Waals surface area contributed by atoms with Gasteiger partial charge in [-0.2, -0.15) is 0 Å². The van der Waals surface area contributed by atoms with Crippen LogP contribution in [0.15, 0.2) is 36.5 Å². The molecule has 0 N–H and O–H groups in total. The van der Waals surface area contributed by atoms with Crippen molar-refractivity contribution in [3.8, 4) is 0 Å². The van der Waals surface area contributed by atoms with Crippen molar-refractivity contribution in [2.75, 3.05) is 13.2 Å². The molecule has 0 unspecified atom stereocenters. The summed E-state index contributed by atoms with van der Waals surface area (Å²) in [5.74, 6) is 0.463. The van der Waals surface area contributed by atoms with Gasteiger partial charge in [0, 0.05) is 18.7 Å². The molecule has 1 saturated heterocycles. The lowest BCUT2D eigenvalue weighted by Crippen LogP contribution is -2.55. The molecule has 2 aliphatic carbocycles. The lowest BCUT2D eigenvalue weighted by atomic mass is 9.92. The smallest absolute Gasteiger partial charge is 0.226 e. The second kappa shape index (κ2) is 7.67. The lowest BCUT2D eigenvalue weighted by Gasteiger charge is -2.40. The molecule has 0 spiro atoms. The summed E-state index contributed by atoms with van der Waals surface area (Å²) in [6.07, 6.45) is 10.9. The zero-order valence-corrected chi connectivity index (χ0v) is 14.5. The number of carbonyl (C=O) groups is 1. The van der Waals surface area contributed by atoms with Crippen molar-refractivity contribution in [2.24, 2.45) is 5.92 Å². The van der Waals surface area contributed by atoms with Gasteiger partial charge in [0.1, 0.15) is 6.10 Å². The highest BCUT2D eigenvalue weighted by molar-refractivity contribution is 5.79. The molecule has 2 heterocycles. The Bertz CT molecular complexity index is 619. The van der Waals surface area contributed by atoms with Gasteiger partial charge in [-0.25, -0.2) is 0 Å². The third-order valence-corrected chi connectivity index (χ3v) is 5.61. The number of aromatic nitrogens is 1. The van der Waals surface area contributed by atoms with Crippen LogP contribution in [-0.2, 0) is 20.9 Å². The van der Waals surface area contributed by atoms with Gasteiger partial charge in [0.2, 0.25) is 5.91 Å². The van der Waals surface area contributed by atoms with Crippen molar-refractivity contribution in [1.29, 1.82) is 0 Å². The fourth-order valence-corrected chi connectivity index (χ4v) is 4.30. The first-order valence-electron chi connectivity index (χ1n) is 9.41. The second-order valence-corrected chi connectivity index (χ2v) is 7.16. The Kier molecular flexibility index (Phi) is 5.13. The third-order valence-electron chi connectivity index (χ3n) is 5.61. The number of nitrogens with zero attached hydrogens (tertiary/aromatic N) is 2. The molecule has 0 aromatic carbocycles. The lowest BCUT2D eigenvalue weighted by molar-refractivity contribution is -0.156. The minimum absolute atomic E-state index is 0.000505. The van der Waals surface area contributed by atoms with E-state index in [1.165, 1.54) is 0 Å². The largest absolute Gasteiger partial charge is 0.372 e. The highest BCUT2D eigenvalue weighted by Gasteiger charge is 2.45. The van der Waals surface area contributed by atoms with Crippen LogP contribution in [0.3, 0.4) is 0 Å². The summed E-state index contributed by atoms with van der Waals surface area (Å²) in [4.78, 5) is 19.4. The zero-order chi connectivity index (χ0) is 17.1. The Labute approximate surface area is 149 Å². The van der Waals surface area contributed by atoms with E-state index in [-0.39, 0.29) is 24.2 Å². The Hall–Kier alpha value is -1.72. The van der Waals surface area contributed by atoms with E-state index in [4.69, 9.17) is 9.47 Å². The van der Waals surface area contributed by atoms with Crippen LogP contribution in [0, 0.1) is 5.92 Å². The van der Waals surface area contributed by atoms with Crippen LogP contribution in [0.5, 0.6) is 0 Å². The van der Waals surface area contributed by atoms with E-state index in [1.54, 1.807) is 6.20 Å². The molecule has 5 nitrogen and oxygen atoms in total. The predicted molar refractivity (Wildman–Crippen MR) is 93.8 cm³/mol. The molecule has 4 atom stereocenters. The molecule has 4 rings (SSSR count).